The predicted octanol–water partition coefficient (Wildman–Crippen LogP) is 4.91. The van der Waals surface area contributed by atoms with E-state index in [1.807, 2.05) is 67.6 Å². The summed E-state index contributed by atoms with van der Waals surface area (Å²) in [6, 6.07) is 24.7. The number of anilines is 2. The third kappa shape index (κ3) is 3.49. The molecule has 180 valence electrons. The number of carbonyl (C=O) groups is 2. The molecule has 0 N–H and O–H groups in total. The Morgan fingerprint density at radius 2 is 1.39 bits per heavy atom. The van der Waals surface area contributed by atoms with Gasteiger partial charge in [-0.2, -0.15) is 0 Å². The largest absolute Gasteiger partial charge is 0.313 e. The fourth-order valence-electron chi connectivity index (χ4n) is 4.78. The second kappa shape index (κ2) is 8.74. The van der Waals surface area contributed by atoms with Gasteiger partial charge in [0.05, 0.1) is 21.9 Å². The number of hydroxylamine groups is 1. The number of hydrogen-bond acceptors (Lipinski definition) is 6. The van der Waals surface area contributed by atoms with E-state index >= 15 is 0 Å². The first-order valence-electron chi connectivity index (χ1n) is 11.4. The topological polar surface area (TPSA) is 71.8 Å². The summed E-state index contributed by atoms with van der Waals surface area (Å²) in [7, 11) is 0. The fourth-order valence-corrected chi connectivity index (χ4v) is 6.24. The van der Waals surface area contributed by atoms with Gasteiger partial charge in [0, 0.05) is 0 Å². The van der Waals surface area contributed by atoms with E-state index in [0.717, 1.165) is 16.9 Å². The number of amides is 2. The molecule has 4 aromatic rings. The highest BCUT2D eigenvalue weighted by Gasteiger charge is 2.61. The van der Waals surface area contributed by atoms with Crippen LogP contribution in [0.1, 0.15) is 16.5 Å². The first-order valence-corrected chi connectivity index (χ1v) is 12.6. The van der Waals surface area contributed by atoms with Crippen LogP contribution in [0.4, 0.5) is 11.4 Å². The van der Waals surface area contributed by atoms with Crippen LogP contribution in [0.15, 0.2) is 89.7 Å². The van der Waals surface area contributed by atoms with Gasteiger partial charge in [-0.25, -0.2) is 9.96 Å². The van der Waals surface area contributed by atoms with E-state index in [-0.39, 0.29) is 15.9 Å². The molecule has 0 bridgehead atoms. The lowest BCUT2D eigenvalue weighted by molar-refractivity contribution is -0.126. The van der Waals surface area contributed by atoms with Crippen LogP contribution in [0.25, 0.3) is 5.69 Å². The zero-order valence-corrected chi connectivity index (χ0v) is 20.6. The molecule has 0 spiro atoms. The van der Waals surface area contributed by atoms with Gasteiger partial charge in [0.25, 0.3) is 5.91 Å². The Bertz CT molecular complexity index is 1520. The molecule has 2 aliphatic heterocycles. The molecule has 7 nitrogen and oxygen atoms in total. The highest BCUT2D eigenvalue weighted by atomic mass is 35.5. The van der Waals surface area contributed by atoms with Crippen LogP contribution < -0.4 is 14.8 Å². The SMILES string of the molecule is Cc1ccc(N2C(=O)[C@H]3[C@H](ON(c4ccccc4)[C@H]3c3sc(=O)n(-c4ccccc4)c3Cl)C2=O)cc1. The average molecular weight is 518 g/mol. The normalized spacial score (nSPS) is 21.3. The molecule has 3 heterocycles. The zero-order chi connectivity index (χ0) is 25.0. The number of fused-ring (bicyclic) bond motifs is 1. The number of aromatic nitrogens is 1. The van der Waals surface area contributed by atoms with E-state index in [9.17, 15) is 14.4 Å². The first kappa shape index (κ1) is 22.7. The Morgan fingerprint density at radius 1 is 0.778 bits per heavy atom. The molecular formula is C27H20ClN3O4S. The molecule has 9 heteroatoms. The molecule has 3 aromatic carbocycles. The number of thiazole rings is 1. The van der Waals surface area contributed by atoms with Crippen molar-refractivity contribution in [3.8, 4) is 5.69 Å². The molecule has 0 saturated carbocycles. The monoisotopic (exact) mass is 517 g/mol. The highest BCUT2D eigenvalue weighted by molar-refractivity contribution is 7.10. The molecule has 2 saturated heterocycles. The Labute approximate surface area is 215 Å². The average Bonchev–Trinajstić information content (AvgIpc) is 3.50. The van der Waals surface area contributed by atoms with Crippen LogP contribution in [0.5, 0.6) is 0 Å². The third-order valence-corrected chi connectivity index (χ3v) is 7.98. The maximum atomic E-state index is 13.8. The molecule has 0 aliphatic carbocycles. The predicted molar refractivity (Wildman–Crippen MR) is 139 cm³/mol. The van der Waals surface area contributed by atoms with Crippen LogP contribution >= 0.6 is 22.9 Å². The second-order valence-electron chi connectivity index (χ2n) is 8.70. The number of hydrogen-bond donors (Lipinski definition) is 0. The van der Waals surface area contributed by atoms with Crippen molar-refractivity contribution in [2.75, 3.05) is 9.96 Å². The molecule has 0 unspecified atom stereocenters. The Balaban J connectivity index is 1.48. The van der Waals surface area contributed by atoms with Gasteiger partial charge in [-0.1, -0.05) is 77.0 Å². The van der Waals surface area contributed by atoms with E-state index in [1.165, 1.54) is 9.47 Å². The lowest BCUT2D eigenvalue weighted by Crippen LogP contribution is -2.37. The summed E-state index contributed by atoms with van der Waals surface area (Å²) in [5.41, 5.74) is 2.77. The number of imide groups is 1. The smallest absolute Gasteiger partial charge is 0.273 e. The highest BCUT2D eigenvalue weighted by Crippen LogP contribution is 2.50. The van der Waals surface area contributed by atoms with Crippen molar-refractivity contribution < 1.29 is 14.4 Å². The maximum absolute atomic E-state index is 13.8. The van der Waals surface area contributed by atoms with E-state index in [0.29, 0.717) is 21.9 Å². The number of para-hydroxylation sites is 2. The Kier molecular flexibility index (Phi) is 5.52. The molecule has 0 radical (unpaired) electrons. The molecule has 2 amide bonds. The van der Waals surface area contributed by atoms with Crippen molar-refractivity contribution in [3.63, 3.8) is 0 Å². The lowest BCUT2D eigenvalue weighted by atomic mass is 9.95. The lowest BCUT2D eigenvalue weighted by Gasteiger charge is -2.28. The molecule has 36 heavy (non-hydrogen) atoms. The van der Waals surface area contributed by atoms with Gasteiger partial charge in [0.15, 0.2) is 6.10 Å². The van der Waals surface area contributed by atoms with Gasteiger partial charge in [0.2, 0.25) is 5.91 Å². The van der Waals surface area contributed by atoms with Crippen LogP contribution in [-0.2, 0) is 14.4 Å². The Hall–Kier alpha value is -3.72. The van der Waals surface area contributed by atoms with Crippen molar-refractivity contribution in [3.05, 3.63) is 110 Å². The third-order valence-electron chi connectivity index (χ3n) is 6.48. The van der Waals surface area contributed by atoms with Gasteiger partial charge in [-0.15, -0.1) is 0 Å². The molecule has 3 atom stereocenters. The van der Waals surface area contributed by atoms with E-state index < -0.39 is 24.0 Å². The van der Waals surface area contributed by atoms with Crippen LogP contribution in [0, 0.1) is 12.8 Å². The van der Waals surface area contributed by atoms with Crippen LogP contribution in [0.2, 0.25) is 5.15 Å². The van der Waals surface area contributed by atoms with Crippen LogP contribution in [-0.4, -0.2) is 22.5 Å². The van der Waals surface area contributed by atoms with Crippen molar-refractivity contribution in [1.82, 2.24) is 4.57 Å². The summed E-state index contributed by atoms with van der Waals surface area (Å²) in [5, 5.41) is 1.74. The second-order valence-corrected chi connectivity index (χ2v) is 10.1. The van der Waals surface area contributed by atoms with Gasteiger partial charge in [0.1, 0.15) is 17.1 Å². The zero-order valence-electron chi connectivity index (χ0n) is 19.1. The van der Waals surface area contributed by atoms with E-state index in [1.54, 1.807) is 29.3 Å². The van der Waals surface area contributed by atoms with E-state index in [4.69, 9.17) is 16.4 Å². The van der Waals surface area contributed by atoms with Gasteiger partial charge in [-0.05, 0) is 43.3 Å². The van der Waals surface area contributed by atoms with E-state index in [2.05, 4.69) is 0 Å². The molecular weight excluding hydrogens is 498 g/mol. The molecule has 1 aromatic heterocycles. The summed E-state index contributed by atoms with van der Waals surface area (Å²) in [6.45, 7) is 1.93. The summed E-state index contributed by atoms with van der Waals surface area (Å²) in [6.07, 6.45) is -1.04. The van der Waals surface area contributed by atoms with Crippen molar-refractivity contribution in [2.24, 2.45) is 5.92 Å². The minimum atomic E-state index is -1.04. The fraction of sp³-hybridized carbons (Fsp3) is 0.148. The maximum Gasteiger partial charge on any atom is 0.313 e. The molecule has 2 aliphatic rings. The standard InChI is InChI=1S/C27H20ClN3O4S/c1-16-12-14-18(15-13-16)30-25(32)20-21(31(35-22(20)26(30)33)19-10-6-3-7-11-19)23-24(28)29(27(34)36-23)17-8-4-2-5-9-17/h2-15,20-22H,1H3/t20-,21-,22+/m1/s1. The molecule has 2 fully saturated rings. The summed E-state index contributed by atoms with van der Waals surface area (Å²) < 4.78 is 1.41. The summed E-state index contributed by atoms with van der Waals surface area (Å²) in [5.74, 6) is -1.71. The number of nitrogens with zero attached hydrogens (tertiary/aromatic N) is 3. The first-order chi connectivity index (χ1) is 17.5. The minimum Gasteiger partial charge on any atom is -0.273 e. The minimum absolute atomic E-state index is 0.195. The summed E-state index contributed by atoms with van der Waals surface area (Å²) >= 11 is 7.78. The van der Waals surface area contributed by atoms with Crippen molar-refractivity contribution in [1.29, 1.82) is 0 Å². The van der Waals surface area contributed by atoms with Gasteiger partial charge < -0.3 is 0 Å². The number of benzene rings is 3. The van der Waals surface area contributed by atoms with Gasteiger partial charge >= 0.3 is 4.87 Å². The number of halogens is 1. The quantitative estimate of drug-likeness (QED) is 0.360. The summed E-state index contributed by atoms with van der Waals surface area (Å²) in [4.78, 5) is 47.9. The molecule has 6 rings (SSSR count). The van der Waals surface area contributed by atoms with Crippen LogP contribution in [0.3, 0.4) is 0 Å². The Morgan fingerprint density at radius 3 is 2.03 bits per heavy atom. The van der Waals surface area contributed by atoms with Crippen molar-refractivity contribution in [2.45, 2.75) is 19.1 Å². The number of carbonyl (C=O) groups excluding carboxylic acids is 2. The van der Waals surface area contributed by atoms with Gasteiger partial charge in [-0.3, -0.25) is 23.8 Å². The number of rotatable bonds is 4. The number of aryl methyl sites for hydroxylation is 1. The van der Waals surface area contributed by atoms with Crippen molar-refractivity contribution >= 4 is 46.1 Å².